The largest absolute Gasteiger partial charge is 0.488 e. The first-order valence-electron chi connectivity index (χ1n) is 10.5. The average Bonchev–Trinajstić information content (AvgIpc) is 3.01. The lowest BCUT2D eigenvalue weighted by molar-refractivity contribution is 0.0100. The van der Waals surface area contributed by atoms with Crippen LogP contribution >= 0.6 is 0 Å². The maximum atomic E-state index is 12.8. The summed E-state index contributed by atoms with van der Waals surface area (Å²) in [5, 5.41) is 9.07. The van der Waals surface area contributed by atoms with Gasteiger partial charge in [0.2, 0.25) is 0 Å². The number of ether oxygens (including phenoxy) is 2. The Balaban J connectivity index is 2.20. The summed E-state index contributed by atoms with van der Waals surface area (Å²) in [7, 11) is -1.99. The van der Waals surface area contributed by atoms with Crippen LogP contribution in [0.1, 0.15) is 53.5 Å². The molecule has 0 aromatic heterocycles. The fourth-order valence-electron chi connectivity index (χ4n) is 3.00. The molecule has 1 amide bonds. The molecule has 166 valence electrons. The van der Waals surface area contributed by atoms with Gasteiger partial charge in [0.1, 0.15) is 17.5 Å². The van der Waals surface area contributed by atoms with Crippen molar-refractivity contribution < 1.29 is 18.7 Å². The number of hydrogen-bond donors (Lipinski definition) is 0. The quantitative estimate of drug-likeness (QED) is 0.588. The summed E-state index contributed by atoms with van der Waals surface area (Å²) < 4.78 is 18.3. The van der Waals surface area contributed by atoms with E-state index >= 15 is 0 Å². The number of benzene rings is 1. The Bertz CT molecular complexity index is 772. The number of nitriles is 1. The van der Waals surface area contributed by atoms with Crippen molar-refractivity contribution in [2.24, 2.45) is 0 Å². The fraction of sp³-hybridized carbons (Fsp3) is 0.652. The van der Waals surface area contributed by atoms with Gasteiger partial charge in [0.25, 0.3) is 0 Å². The molecule has 2 atom stereocenters. The highest BCUT2D eigenvalue weighted by molar-refractivity contribution is 6.74. The minimum atomic E-state index is -1.99. The van der Waals surface area contributed by atoms with E-state index in [0.29, 0.717) is 30.9 Å². The van der Waals surface area contributed by atoms with Gasteiger partial charge < -0.3 is 13.9 Å². The summed E-state index contributed by atoms with van der Waals surface area (Å²) in [6, 6.07) is 8.93. The Morgan fingerprint density at radius 1 is 1.17 bits per heavy atom. The Hall–Kier alpha value is -2.04. The van der Waals surface area contributed by atoms with Crippen molar-refractivity contribution >= 4 is 14.4 Å². The predicted molar refractivity (Wildman–Crippen MR) is 120 cm³/mol. The number of hydrogen-bond acceptors (Lipinski definition) is 5. The third-order valence-electron chi connectivity index (χ3n) is 5.80. The Labute approximate surface area is 182 Å². The molecule has 0 saturated carbocycles. The van der Waals surface area contributed by atoms with E-state index in [2.05, 4.69) is 39.9 Å². The highest BCUT2D eigenvalue weighted by Crippen LogP contribution is 2.37. The van der Waals surface area contributed by atoms with Crippen LogP contribution in [0, 0.1) is 11.3 Å². The van der Waals surface area contributed by atoms with Crippen LogP contribution in [0.2, 0.25) is 18.1 Å². The van der Waals surface area contributed by atoms with Crippen LogP contribution in [0.4, 0.5) is 4.79 Å². The monoisotopic (exact) mass is 432 g/mol. The second kappa shape index (κ2) is 8.99. The molecule has 0 bridgehead atoms. The topological polar surface area (TPSA) is 71.8 Å². The van der Waals surface area contributed by atoms with Crippen LogP contribution in [0.3, 0.4) is 0 Å². The number of nitrogens with zero attached hydrogens (tertiary/aromatic N) is 2. The second-order valence-corrected chi connectivity index (χ2v) is 15.2. The lowest BCUT2D eigenvalue weighted by Gasteiger charge is -2.38. The molecule has 0 radical (unpaired) electrons. The highest BCUT2D eigenvalue weighted by Gasteiger charge is 2.44. The Morgan fingerprint density at radius 2 is 1.77 bits per heavy atom. The number of carbonyl (C=O) groups is 1. The van der Waals surface area contributed by atoms with Crippen molar-refractivity contribution in [3.05, 3.63) is 29.8 Å². The van der Waals surface area contributed by atoms with E-state index in [4.69, 9.17) is 19.2 Å². The van der Waals surface area contributed by atoms with Crippen molar-refractivity contribution in [1.29, 1.82) is 5.26 Å². The third kappa shape index (κ3) is 6.23. The summed E-state index contributed by atoms with van der Waals surface area (Å²) in [6.45, 7) is 17.6. The van der Waals surface area contributed by atoms with Gasteiger partial charge in [0.15, 0.2) is 8.32 Å². The first kappa shape index (κ1) is 24.2. The van der Waals surface area contributed by atoms with Crippen molar-refractivity contribution in [3.63, 3.8) is 0 Å². The van der Waals surface area contributed by atoms with E-state index in [9.17, 15) is 4.79 Å². The van der Waals surface area contributed by atoms with Gasteiger partial charge >= 0.3 is 6.09 Å². The third-order valence-corrected chi connectivity index (χ3v) is 10.3. The molecule has 0 unspecified atom stereocenters. The number of likely N-dealkylation sites (tertiary alicyclic amines) is 1. The summed E-state index contributed by atoms with van der Waals surface area (Å²) in [5.74, 6) is 0.683. The molecule has 1 aliphatic heterocycles. The average molecular weight is 433 g/mol. The fourth-order valence-corrected chi connectivity index (χ4v) is 4.02. The van der Waals surface area contributed by atoms with Crippen LogP contribution in [-0.4, -0.2) is 50.2 Å². The van der Waals surface area contributed by atoms with E-state index < -0.39 is 13.9 Å². The van der Waals surface area contributed by atoms with Crippen molar-refractivity contribution in [1.82, 2.24) is 4.90 Å². The van der Waals surface area contributed by atoms with E-state index in [1.807, 2.05) is 20.8 Å². The Morgan fingerprint density at radius 3 is 2.27 bits per heavy atom. The summed E-state index contributed by atoms with van der Waals surface area (Å²) >= 11 is 0. The molecule has 30 heavy (non-hydrogen) atoms. The van der Waals surface area contributed by atoms with Gasteiger partial charge in [0, 0.05) is 13.0 Å². The first-order valence-corrected chi connectivity index (χ1v) is 13.4. The van der Waals surface area contributed by atoms with Gasteiger partial charge in [-0.1, -0.05) is 20.8 Å². The zero-order valence-electron chi connectivity index (χ0n) is 19.6. The SMILES string of the molecule is CC(C)(C)OC(=O)N1CC[C@H](Oc2ccc(C#N)cc2)[C@H]1CO[Si](C)(C)C(C)(C)C. The highest BCUT2D eigenvalue weighted by atomic mass is 28.4. The summed E-state index contributed by atoms with van der Waals surface area (Å²) in [5.41, 5.74) is 0.0236. The first-order chi connectivity index (χ1) is 13.7. The molecule has 6 nitrogen and oxygen atoms in total. The molecule has 1 fully saturated rings. The minimum Gasteiger partial charge on any atom is -0.488 e. The maximum Gasteiger partial charge on any atom is 0.410 e. The number of carbonyl (C=O) groups excluding carboxylic acids is 1. The zero-order valence-corrected chi connectivity index (χ0v) is 20.6. The molecule has 1 saturated heterocycles. The lowest BCUT2D eigenvalue weighted by Crippen LogP contribution is -2.50. The van der Waals surface area contributed by atoms with Crippen molar-refractivity contribution in [2.75, 3.05) is 13.2 Å². The number of rotatable bonds is 5. The van der Waals surface area contributed by atoms with E-state index in [0.717, 1.165) is 0 Å². The van der Waals surface area contributed by atoms with Gasteiger partial charge in [-0.05, 0) is 63.2 Å². The lowest BCUT2D eigenvalue weighted by atomic mass is 10.1. The van der Waals surface area contributed by atoms with Crippen LogP contribution in [0.5, 0.6) is 5.75 Å². The summed E-state index contributed by atoms with van der Waals surface area (Å²) in [4.78, 5) is 14.6. The smallest absolute Gasteiger partial charge is 0.410 e. The van der Waals surface area contributed by atoms with Gasteiger partial charge in [-0.2, -0.15) is 5.26 Å². The zero-order chi connectivity index (χ0) is 22.7. The maximum absolute atomic E-state index is 12.8. The van der Waals surface area contributed by atoms with Crippen molar-refractivity contribution in [3.8, 4) is 11.8 Å². The van der Waals surface area contributed by atoms with Gasteiger partial charge in [0.05, 0.1) is 24.3 Å². The van der Waals surface area contributed by atoms with E-state index in [-0.39, 0.29) is 23.3 Å². The van der Waals surface area contributed by atoms with Crippen molar-refractivity contribution in [2.45, 2.75) is 83.8 Å². The molecular formula is C23H36N2O4Si. The summed E-state index contributed by atoms with van der Waals surface area (Å²) in [6.07, 6.45) is 0.164. The molecule has 2 rings (SSSR count). The molecule has 0 spiro atoms. The van der Waals surface area contributed by atoms with Gasteiger partial charge in [-0.25, -0.2) is 4.79 Å². The van der Waals surface area contributed by atoms with Crippen LogP contribution < -0.4 is 4.74 Å². The van der Waals surface area contributed by atoms with Gasteiger partial charge in [-0.3, -0.25) is 4.90 Å². The minimum absolute atomic E-state index is 0.0752. The molecule has 1 aromatic rings. The molecule has 0 aliphatic carbocycles. The van der Waals surface area contributed by atoms with Crippen LogP contribution in [0.15, 0.2) is 24.3 Å². The normalized spacial score (nSPS) is 20.0. The number of amides is 1. The van der Waals surface area contributed by atoms with E-state index in [1.165, 1.54) is 0 Å². The molecule has 1 aromatic carbocycles. The van der Waals surface area contributed by atoms with Crippen LogP contribution in [-0.2, 0) is 9.16 Å². The Kier molecular flexibility index (Phi) is 7.26. The predicted octanol–water partition coefficient (Wildman–Crippen LogP) is 5.34. The standard InChI is InChI=1S/C23H36N2O4Si/c1-22(2,3)29-21(26)25-14-13-20(28-18-11-9-17(15-24)10-12-18)19(25)16-27-30(7,8)23(4,5)6/h9-12,19-20H,13-14,16H2,1-8H3/t19-,20+/m1/s1. The molecular weight excluding hydrogens is 396 g/mol. The van der Waals surface area contributed by atoms with E-state index in [1.54, 1.807) is 29.2 Å². The molecule has 1 aliphatic rings. The molecule has 7 heteroatoms. The van der Waals surface area contributed by atoms with Crippen LogP contribution in [0.25, 0.3) is 0 Å². The molecule has 0 N–H and O–H groups in total. The van der Waals surface area contributed by atoms with Gasteiger partial charge in [-0.15, -0.1) is 0 Å². The molecule has 1 heterocycles. The second-order valence-electron chi connectivity index (χ2n) is 10.4.